The van der Waals surface area contributed by atoms with Gasteiger partial charge in [-0.3, -0.25) is 19.3 Å². The summed E-state index contributed by atoms with van der Waals surface area (Å²) in [6.45, 7) is 3.54. The predicted molar refractivity (Wildman–Crippen MR) is 134 cm³/mol. The summed E-state index contributed by atoms with van der Waals surface area (Å²) in [6.07, 6.45) is -4.07. The van der Waals surface area contributed by atoms with Crippen molar-refractivity contribution in [3.05, 3.63) is 65.2 Å². The van der Waals surface area contributed by atoms with Crippen LogP contribution in [0.3, 0.4) is 0 Å². The van der Waals surface area contributed by atoms with Crippen molar-refractivity contribution >= 4 is 17.5 Å². The normalized spacial score (nSPS) is 16.6. The molecule has 1 aromatic carbocycles. The molecule has 12 heteroatoms. The molecule has 3 aromatic rings. The molecule has 1 aliphatic carbocycles. The molecule has 2 heterocycles. The van der Waals surface area contributed by atoms with E-state index in [9.17, 15) is 31.5 Å². The molecule has 1 atom stereocenters. The topological polar surface area (TPSA) is 103 Å². The highest BCUT2D eigenvalue weighted by Gasteiger charge is 2.41. The van der Waals surface area contributed by atoms with E-state index >= 15 is 0 Å². The number of benzene rings is 1. The second-order valence-electron chi connectivity index (χ2n) is 9.69. The molecule has 208 valence electrons. The van der Waals surface area contributed by atoms with Crippen LogP contribution in [0.15, 0.2) is 42.6 Å². The van der Waals surface area contributed by atoms with Crippen LogP contribution < -0.4 is 11.1 Å². The van der Waals surface area contributed by atoms with Gasteiger partial charge in [0.2, 0.25) is 11.8 Å². The number of anilines is 1. The Morgan fingerprint density at radius 2 is 1.79 bits per heavy atom. The van der Waals surface area contributed by atoms with E-state index in [1.807, 2.05) is 0 Å². The van der Waals surface area contributed by atoms with Crippen molar-refractivity contribution in [2.75, 3.05) is 5.32 Å². The van der Waals surface area contributed by atoms with Gasteiger partial charge in [0.1, 0.15) is 5.69 Å². The number of nitrogens with zero attached hydrogens (tertiary/aromatic N) is 3. The van der Waals surface area contributed by atoms with Crippen molar-refractivity contribution in [3.63, 3.8) is 0 Å². The Balaban J connectivity index is 1.63. The first-order valence-corrected chi connectivity index (χ1v) is 12.5. The van der Waals surface area contributed by atoms with E-state index in [2.05, 4.69) is 15.4 Å². The minimum absolute atomic E-state index is 0.0621. The third-order valence-corrected chi connectivity index (χ3v) is 7.07. The van der Waals surface area contributed by atoms with Crippen molar-refractivity contribution in [1.29, 1.82) is 0 Å². The zero-order valence-electron chi connectivity index (χ0n) is 21.4. The summed E-state index contributed by atoms with van der Waals surface area (Å²) in [6, 6.07) is 8.14. The van der Waals surface area contributed by atoms with E-state index in [-0.39, 0.29) is 53.9 Å². The second-order valence-corrected chi connectivity index (χ2v) is 9.69. The molecule has 0 radical (unpaired) electrons. The van der Waals surface area contributed by atoms with Gasteiger partial charge in [0.05, 0.1) is 17.2 Å². The van der Waals surface area contributed by atoms with Crippen LogP contribution in [0.4, 0.5) is 27.6 Å². The number of amides is 2. The second kappa shape index (κ2) is 10.7. The Morgan fingerprint density at radius 3 is 2.33 bits per heavy atom. The maximum Gasteiger partial charge on any atom is 0.417 e. The smallest absolute Gasteiger partial charge is 0.364 e. The lowest BCUT2D eigenvalue weighted by Gasteiger charge is -2.32. The van der Waals surface area contributed by atoms with Crippen molar-refractivity contribution in [2.45, 2.75) is 64.1 Å². The Labute approximate surface area is 221 Å². The number of aromatic nitrogens is 3. The first-order chi connectivity index (χ1) is 18.3. The summed E-state index contributed by atoms with van der Waals surface area (Å²) in [5, 5.41) is 7.12. The predicted octanol–water partition coefficient (Wildman–Crippen LogP) is 5.94. The molecule has 1 fully saturated rings. The van der Waals surface area contributed by atoms with Crippen LogP contribution in [-0.2, 0) is 17.5 Å². The highest BCUT2D eigenvalue weighted by atomic mass is 19.4. The van der Waals surface area contributed by atoms with Gasteiger partial charge in [0.15, 0.2) is 0 Å². The van der Waals surface area contributed by atoms with Gasteiger partial charge >= 0.3 is 6.18 Å². The van der Waals surface area contributed by atoms with E-state index in [4.69, 9.17) is 5.73 Å². The van der Waals surface area contributed by atoms with Crippen LogP contribution >= 0.6 is 0 Å². The molecule has 0 spiro atoms. The molecule has 1 aliphatic rings. The van der Waals surface area contributed by atoms with Gasteiger partial charge in [0, 0.05) is 42.5 Å². The zero-order chi connectivity index (χ0) is 28.5. The Hall–Kier alpha value is -3.83. The molecule has 0 unspecified atom stereocenters. The summed E-state index contributed by atoms with van der Waals surface area (Å²) >= 11 is 0. The standard InChI is InChI=1S/C27H28F5N5O2/c1-3-37-21(24(33)38)14-20(36-37)23(17-8-11-26(28,29)12-9-17)25(39)35-18-6-4-16(5-7-18)22-15(2)34-13-10-19(22)27(30,31)32/h4-7,10,13-14,17,23H,3,8-9,11-12H2,1-2H3,(H2,33,38)(H,35,39)/t23-/m0/s1. The SMILES string of the molecule is CCn1nc([C@@H](C(=O)Nc2ccc(-c3c(C(F)(F)F)ccnc3C)cc2)C2CCC(F)(F)CC2)cc1C(N)=O. The number of rotatable bonds is 7. The number of alkyl halides is 5. The maximum atomic E-state index is 13.9. The molecule has 3 N–H and O–H groups in total. The van der Waals surface area contributed by atoms with E-state index < -0.39 is 41.3 Å². The van der Waals surface area contributed by atoms with Crippen molar-refractivity contribution in [3.8, 4) is 11.1 Å². The number of carbonyl (C=O) groups is 2. The summed E-state index contributed by atoms with van der Waals surface area (Å²) in [5.74, 6) is -5.47. The summed E-state index contributed by atoms with van der Waals surface area (Å²) < 4.78 is 69.8. The third kappa shape index (κ3) is 6.10. The number of nitrogens with one attached hydrogen (secondary N) is 1. The lowest BCUT2D eigenvalue weighted by Crippen LogP contribution is -2.33. The molecule has 39 heavy (non-hydrogen) atoms. The quantitative estimate of drug-likeness (QED) is 0.356. The molecular formula is C27H28F5N5O2. The monoisotopic (exact) mass is 549 g/mol. The van der Waals surface area contributed by atoms with Crippen LogP contribution in [0.1, 0.15) is 66.0 Å². The molecule has 0 bridgehead atoms. The summed E-state index contributed by atoms with van der Waals surface area (Å²) in [5.41, 5.74) is 5.69. The largest absolute Gasteiger partial charge is 0.417 e. The fourth-order valence-electron chi connectivity index (χ4n) is 5.12. The van der Waals surface area contributed by atoms with Crippen molar-refractivity contribution in [1.82, 2.24) is 14.8 Å². The zero-order valence-corrected chi connectivity index (χ0v) is 21.4. The number of pyridine rings is 1. The molecule has 1 saturated carbocycles. The molecular weight excluding hydrogens is 521 g/mol. The van der Waals surface area contributed by atoms with E-state index in [0.717, 1.165) is 12.3 Å². The lowest BCUT2D eigenvalue weighted by atomic mass is 9.76. The fourth-order valence-corrected chi connectivity index (χ4v) is 5.12. The average molecular weight is 550 g/mol. The van der Waals surface area contributed by atoms with Gasteiger partial charge in [-0.1, -0.05) is 12.1 Å². The number of carbonyl (C=O) groups excluding carboxylic acids is 2. The van der Waals surface area contributed by atoms with Gasteiger partial charge in [-0.15, -0.1) is 0 Å². The van der Waals surface area contributed by atoms with Gasteiger partial charge in [-0.05, 0) is 62.4 Å². The number of halogens is 5. The minimum Gasteiger partial charge on any atom is -0.364 e. The van der Waals surface area contributed by atoms with Crippen LogP contribution in [-0.4, -0.2) is 32.5 Å². The third-order valence-electron chi connectivity index (χ3n) is 7.07. The van der Waals surface area contributed by atoms with Gasteiger partial charge < -0.3 is 11.1 Å². The number of hydrogen-bond donors (Lipinski definition) is 2. The molecule has 2 aromatic heterocycles. The van der Waals surface area contributed by atoms with Crippen molar-refractivity contribution in [2.24, 2.45) is 11.7 Å². The van der Waals surface area contributed by atoms with Crippen molar-refractivity contribution < 1.29 is 31.5 Å². The average Bonchev–Trinajstić information content (AvgIpc) is 3.29. The van der Waals surface area contributed by atoms with Crippen LogP contribution in [0.5, 0.6) is 0 Å². The van der Waals surface area contributed by atoms with E-state index in [1.54, 1.807) is 6.92 Å². The Morgan fingerprint density at radius 1 is 1.15 bits per heavy atom. The highest BCUT2D eigenvalue weighted by Crippen LogP contribution is 2.43. The Kier molecular flexibility index (Phi) is 7.76. The fraction of sp³-hybridized carbons (Fsp3) is 0.407. The summed E-state index contributed by atoms with van der Waals surface area (Å²) in [4.78, 5) is 29.4. The molecule has 0 saturated heterocycles. The number of primary amides is 1. The van der Waals surface area contributed by atoms with Crippen LogP contribution in [0.2, 0.25) is 0 Å². The molecule has 2 amide bonds. The van der Waals surface area contributed by atoms with E-state index in [0.29, 0.717) is 12.2 Å². The first-order valence-electron chi connectivity index (χ1n) is 12.5. The van der Waals surface area contributed by atoms with E-state index in [1.165, 1.54) is 41.9 Å². The maximum absolute atomic E-state index is 13.9. The molecule has 4 rings (SSSR count). The van der Waals surface area contributed by atoms with Crippen LogP contribution in [0, 0.1) is 12.8 Å². The highest BCUT2D eigenvalue weighted by molar-refractivity contribution is 5.97. The number of hydrogen-bond acceptors (Lipinski definition) is 4. The number of nitrogens with two attached hydrogens (primary N) is 1. The van der Waals surface area contributed by atoms with Gasteiger partial charge in [0.25, 0.3) is 5.91 Å². The summed E-state index contributed by atoms with van der Waals surface area (Å²) in [7, 11) is 0. The Bertz CT molecular complexity index is 1360. The van der Waals surface area contributed by atoms with Crippen LogP contribution in [0.25, 0.3) is 11.1 Å². The minimum atomic E-state index is -4.58. The lowest BCUT2D eigenvalue weighted by molar-refractivity contribution is -0.137. The van der Waals surface area contributed by atoms with Gasteiger partial charge in [-0.2, -0.15) is 18.3 Å². The van der Waals surface area contributed by atoms with Gasteiger partial charge in [-0.25, -0.2) is 8.78 Å². The first kappa shape index (κ1) is 28.2. The molecule has 0 aliphatic heterocycles. The molecule has 7 nitrogen and oxygen atoms in total. The number of aryl methyl sites for hydroxylation is 2.